The summed E-state index contributed by atoms with van der Waals surface area (Å²) in [7, 11) is 3.22. The van der Waals surface area contributed by atoms with E-state index in [1.807, 2.05) is 30.3 Å². The van der Waals surface area contributed by atoms with E-state index in [2.05, 4.69) is 0 Å². The van der Waals surface area contributed by atoms with Gasteiger partial charge in [-0.05, 0) is 47.5 Å². The zero-order valence-electron chi connectivity index (χ0n) is 13.8. The predicted octanol–water partition coefficient (Wildman–Crippen LogP) is 4.52. The number of rotatable bonds is 5. The SMILES string of the molecule is COc1cc(OC)cc(-c2ccc(-c3ccc(C(=N)N)c(F)c3)s2)c1. The Balaban J connectivity index is 1.98. The van der Waals surface area contributed by atoms with Crippen molar-refractivity contribution in [2.45, 2.75) is 0 Å². The van der Waals surface area contributed by atoms with E-state index in [-0.39, 0.29) is 11.4 Å². The van der Waals surface area contributed by atoms with Crippen molar-refractivity contribution < 1.29 is 13.9 Å². The van der Waals surface area contributed by atoms with Crippen molar-refractivity contribution in [3.63, 3.8) is 0 Å². The largest absolute Gasteiger partial charge is 0.497 e. The first kappa shape index (κ1) is 17.0. The third-order valence-electron chi connectivity index (χ3n) is 3.79. The predicted molar refractivity (Wildman–Crippen MR) is 99.3 cm³/mol. The molecule has 0 unspecified atom stereocenters. The molecular formula is C19H17FN2O2S. The van der Waals surface area contributed by atoms with Crippen LogP contribution in [0.25, 0.3) is 20.9 Å². The third kappa shape index (κ3) is 3.49. The molecule has 0 aliphatic carbocycles. The number of hydrogen-bond donors (Lipinski definition) is 2. The van der Waals surface area contributed by atoms with Crippen LogP contribution in [-0.2, 0) is 0 Å². The van der Waals surface area contributed by atoms with Gasteiger partial charge in [0.1, 0.15) is 23.2 Å². The van der Waals surface area contributed by atoms with Crippen molar-refractivity contribution in [2.75, 3.05) is 14.2 Å². The van der Waals surface area contributed by atoms with E-state index in [4.69, 9.17) is 20.6 Å². The van der Waals surface area contributed by atoms with E-state index in [0.717, 1.165) is 20.9 Å². The summed E-state index contributed by atoms with van der Waals surface area (Å²) in [5, 5.41) is 7.36. The molecule has 6 heteroatoms. The summed E-state index contributed by atoms with van der Waals surface area (Å²) in [5.41, 5.74) is 7.18. The first-order valence-corrected chi connectivity index (χ1v) is 8.31. The van der Waals surface area contributed by atoms with E-state index >= 15 is 0 Å². The molecule has 0 aliphatic rings. The maximum atomic E-state index is 14.1. The van der Waals surface area contributed by atoms with Crippen LogP contribution in [-0.4, -0.2) is 20.1 Å². The molecule has 0 amide bonds. The molecule has 1 aromatic heterocycles. The average Bonchev–Trinajstić information content (AvgIpc) is 3.11. The van der Waals surface area contributed by atoms with Crippen LogP contribution in [0.5, 0.6) is 11.5 Å². The van der Waals surface area contributed by atoms with E-state index < -0.39 is 5.82 Å². The van der Waals surface area contributed by atoms with Gasteiger partial charge in [-0.1, -0.05) is 6.07 Å². The average molecular weight is 356 g/mol. The summed E-state index contributed by atoms with van der Waals surface area (Å²) in [4.78, 5) is 1.94. The molecule has 0 saturated heterocycles. The fourth-order valence-corrected chi connectivity index (χ4v) is 3.47. The fraction of sp³-hybridized carbons (Fsp3) is 0.105. The van der Waals surface area contributed by atoms with E-state index in [0.29, 0.717) is 11.5 Å². The molecule has 3 rings (SSSR count). The fourth-order valence-electron chi connectivity index (χ4n) is 2.48. The van der Waals surface area contributed by atoms with Crippen LogP contribution in [0.1, 0.15) is 5.56 Å². The minimum absolute atomic E-state index is 0.109. The van der Waals surface area contributed by atoms with Gasteiger partial charge in [0.2, 0.25) is 0 Å². The van der Waals surface area contributed by atoms with Crippen LogP contribution in [0, 0.1) is 11.2 Å². The van der Waals surface area contributed by atoms with Gasteiger partial charge < -0.3 is 15.2 Å². The Morgan fingerprint density at radius 1 is 0.920 bits per heavy atom. The summed E-state index contributed by atoms with van der Waals surface area (Å²) < 4.78 is 24.7. The van der Waals surface area contributed by atoms with E-state index in [1.165, 1.54) is 23.5 Å². The second-order valence-corrected chi connectivity index (χ2v) is 6.46. The highest BCUT2D eigenvalue weighted by Crippen LogP contribution is 2.37. The number of hydrogen-bond acceptors (Lipinski definition) is 4. The van der Waals surface area contributed by atoms with Crippen LogP contribution in [0.2, 0.25) is 0 Å². The number of thiophene rings is 1. The Kier molecular flexibility index (Phi) is 4.72. The Bertz CT molecular complexity index is 915. The van der Waals surface area contributed by atoms with Gasteiger partial charge in [-0.2, -0.15) is 0 Å². The lowest BCUT2D eigenvalue weighted by molar-refractivity contribution is 0.394. The van der Waals surface area contributed by atoms with Crippen molar-refractivity contribution in [3.05, 3.63) is 59.9 Å². The number of amidine groups is 1. The number of methoxy groups -OCH3 is 2. The van der Waals surface area contributed by atoms with Crippen LogP contribution >= 0.6 is 11.3 Å². The maximum absolute atomic E-state index is 14.1. The quantitative estimate of drug-likeness (QED) is 0.521. The van der Waals surface area contributed by atoms with Crippen LogP contribution in [0.15, 0.2) is 48.5 Å². The number of nitrogens with two attached hydrogens (primary N) is 1. The van der Waals surface area contributed by atoms with Gasteiger partial charge in [-0.15, -0.1) is 11.3 Å². The van der Waals surface area contributed by atoms with Crippen molar-refractivity contribution >= 4 is 17.2 Å². The first-order chi connectivity index (χ1) is 12.0. The van der Waals surface area contributed by atoms with Crippen molar-refractivity contribution in [2.24, 2.45) is 5.73 Å². The Labute approximate surface area is 149 Å². The second-order valence-electron chi connectivity index (χ2n) is 5.37. The summed E-state index contributed by atoms with van der Waals surface area (Å²) in [6.07, 6.45) is 0. The molecule has 128 valence electrons. The minimum atomic E-state index is -0.497. The molecular weight excluding hydrogens is 339 g/mol. The summed E-state index contributed by atoms with van der Waals surface area (Å²) in [5.74, 6) is 0.643. The van der Waals surface area contributed by atoms with Crippen molar-refractivity contribution in [1.82, 2.24) is 0 Å². The highest BCUT2D eigenvalue weighted by atomic mass is 32.1. The molecule has 0 spiro atoms. The zero-order valence-corrected chi connectivity index (χ0v) is 14.6. The molecule has 3 aromatic rings. The molecule has 3 N–H and O–H groups in total. The topological polar surface area (TPSA) is 68.3 Å². The Morgan fingerprint density at radius 2 is 1.52 bits per heavy atom. The smallest absolute Gasteiger partial charge is 0.134 e. The molecule has 2 aromatic carbocycles. The molecule has 0 radical (unpaired) electrons. The molecule has 0 aliphatic heterocycles. The van der Waals surface area contributed by atoms with Gasteiger partial charge in [0.15, 0.2) is 0 Å². The highest BCUT2D eigenvalue weighted by Gasteiger charge is 2.11. The van der Waals surface area contributed by atoms with Gasteiger partial charge in [0.05, 0.1) is 19.8 Å². The number of nitrogen functional groups attached to an aromatic ring is 1. The highest BCUT2D eigenvalue weighted by molar-refractivity contribution is 7.18. The monoisotopic (exact) mass is 356 g/mol. The van der Waals surface area contributed by atoms with Gasteiger partial charge in [-0.25, -0.2) is 4.39 Å². The minimum Gasteiger partial charge on any atom is -0.497 e. The summed E-state index contributed by atoms with van der Waals surface area (Å²) in [6, 6.07) is 14.3. The second kappa shape index (κ2) is 6.94. The van der Waals surface area contributed by atoms with E-state index in [9.17, 15) is 4.39 Å². The van der Waals surface area contributed by atoms with Gasteiger partial charge in [0.25, 0.3) is 0 Å². The van der Waals surface area contributed by atoms with E-state index in [1.54, 1.807) is 20.3 Å². The standard InChI is InChI=1S/C19H17FN2O2S/c1-23-13-7-12(8-14(10-13)24-2)18-6-5-17(25-18)11-3-4-15(19(21)22)16(20)9-11/h3-10H,1-2H3,(H3,21,22). The summed E-state index contributed by atoms with van der Waals surface area (Å²) in [6.45, 7) is 0. The molecule has 0 saturated carbocycles. The lowest BCUT2D eigenvalue weighted by Crippen LogP contribution is -2.12. The maximum Gasteiger partial charge on any atom is 0.134 e. The van der Waals surface area contributed by atoms with Crippen LogP contribution < -0.4 is 15.2 Å². The Morgan fingerprint density at radius 3 is 2.04 bits per heavy atom. The summed E-state index contributed by atoms with van der Waals surface area (Å²) >= 11 is 1.54. The molecule has 1 heterocycles. The molecule has 4 nitrogen and oxygen atoms in total. The van der Waals surface area contributed by atoms with Gasteiger partial charge in [0, 0.05) is 15.8 Å². The lowest BCUT2D eigenvalue weighted by Gasteiger charge is -2.07. The third-order valence-corrected chi connectivity index (χ3v) is 4.97. The number of benzene rings is 2. The van der Waals surface area contributed by atoms with Crippen molar-refractivity contribution in [1.29, 1.82) is 5.41 Å². The normalized spacial score (nSPS) is 10.5. The number of ether oxygens (including phenoxy) is 2. The Hall–Kier alpha value is -2.86. The van der Waals surface area contributed by atoms with Gasteiger partial charge in [-0.3, -0.25) is 5.41 Å². The number of halogens is 1. The zero-order chi connectivity index (χ0) is 18.0. The number of nitrogens with one attached hydrogen (secondary N) is 1. The first-order valence-electron chi connectivity index (χ1n) is 7.49. The molecule has 0 fully saturated rings. The molecule has 0 atom stereocenters. The van der Waals surface area contributed by atoms with Crippen molar-refractivity contribution in [3.8, 4) is 32.4 Å². The van der Waals surface area contributed by atoms with Gasteiger partial charge >= 0.3 is 0 Å². The lowest BCUT2D eigenvalue weighted by atomic mass is 10.1. The molecule has 0 bridgehead atoms. The molecule has 25 heavy (non-hydrogen) atoms. The van der Waals surface area contributed by atoms with Crippen LogP contribution in [0.4, 0.5) is 4.39 Å². The van der Waals surface area contributed by atoms with Crippen LogP contribution in [0.3, 0.4) is 0 Å².